The molecule has 0 unspecified atom stereocenters. The molecule has 0 heterocycles. The molecular formula is C8H13ClN2. The number of rotatable bonds is 1. The zero-order valence-corrected chi connectivity index (χ0v) is 7.27. The Morgan fingerprint density at radius 2 is 1.64 bits per heavy atom. The van der Waals surface area contributed by atoms with Gasteiger partial charge < -0.3 is 11.5 Å². The molecule has 0 fully saturated rings. The largest absolute Gasteiger partial charge is 0.399 e. The van der Waals surface area contributed by atoms with Crippen LogP contribution in [0.15, 0.2) is 24.3 Å². The van der Waals surface area contributed by atoms with E-state index in [9.17, 15) is 0 Å². The van der Waals surface area contributed by atoms with E-state index >= 15 is 0 Å². The zero-order chi connectivity index (χ0) is 7.56. The van der Waals surface area contributed by atoms with Crippen molar-refractivity contribution < 1.29 is 0 Å². The third-order valence-electron chi connectivity index (χ3n) is 1.46. The van der Waals surface area contributed by atoms with Crippen molar-refractivity contribution in [3.8, 4) is 0 Å². The molecule has 0 aliphatic heterocycles. The summed E-state index contributed by atoms with van der Waals surface area (Å²) >= 11 is 0. The molecule has 0 bridgehead atoms. The van der Waals surface area contributed by atoms with Gasteiger partial charge in [-0.05, 0) is 24.6 Å². The Bertz CT molecular complexity index is 206. The van der Waals surface area contributed by atoms with Crippen molar-refractivity contribution in [2.75, 3.05) is 5.73 Å². The summed E-state index contributed by atoms with van der Waals surface area (Å²) in [6.07, 6.45) is 0. The van der Waals surface area contributed by atoms with Crippen LogP contribution in [0.5, 0.6) is 0 Å². The topological polar surface area (TPSA) is 52.0 Å². The first-order chi connectivity index (χ1) is 4.70. The van der Waals surface area contributed by atoms with Gasteiger partial charge in [0.25, 0.3) is 0 Å². The van der Waals surface area contributed by atoms with Crippen LogP contribution in [0.25, 0.3) is 0 Å². The zero-order valence-electron chi connectivity index (χ0n) is 6.45. The summed E-state index contributed by atoms with van der Waals surface area (Å²) in [7, 11) is 0. The Kier molecular flexibility index (Phi) is 3.93. The monoisotopic (exact) mass is 172 g/mol. The molecule has 0 saturated carbocycles. The second-order valence-electron chi connectivity index (χ2n) is 2.46. The van der Waals surface area contributed by atoms with Gasteiger partial charge in [0.1, 0.15) is 0 Å². The van der Waals surface area contributed by atoms with Crippen LogP contribution in [-0.2, 0) is 0 Å². The maximum atomic E-state index is 5.62. The molecule has 4 N–H and O–H groups in total. The van der Waals surface area contributed by atoms with E-state index in [0.29, 0.717) is 0 Å². The summed E-state index contributed by atoms with van der Waals surface area (Å²) in [6.45, 7) is 1.95. The predicted octanol–water partition coefficient (Wildman–Crippen LogP) is 1.71. The number of halogens is 1. The summed E-state index contributed by atoms with van der Waals surface area (Å²) in [5, 5.41) is 0. The number of benzene rings is 1. The summed E-state index contributed by atoms with van der Waals surface area (Å²) in [6, 6.07) is 7.71. The fourth-order valence-electron chi connectivity index (χ4n) is 0.800. The number of hydrogen-bond acceptors (Lipinski definition) is 2. The standard InChI is InChI=1S/C8H12N2.ClH/c1-6(9)7-2-4-8(10)5-3-7;/h2-6H,9-10H2,1H3;1H/t6-;/m0./s1. The highest BCUT2D eigenvalue weighted by molar-refractivity contribution is 5.85. The van der Waals surface area contributed by atoms with Crippen LogP contribution in [-0.4, -0.2) is 0 Å². The van der Waals surface area contributed by atoms with E-state index in [4.69, 9.17) is 11.5 Å². The van der Waals surface area contributed by atoms with Crippen LogP contribution in [0.2, 0.25) is 0 Å². The Morgan fingerprint density at radius 3 is 2.00 bits per heavy atom. The lowest BCUT2D eigenvalue weighted by atomic mass is 10.1. The summed E-state index contributed by atoms with van der Waals surface area (Å²) < 4.78 is 0. The van der Waals surface area contributed by atoms with Crippen molar-refractivity contribution in [2.24, 2.45) is 5.73 Å². The van der Waals surface area contributed by atoms with E-state index < -0.39 is 0 Å². The third kappa shape index (κ3) is 2.78. The first-order valence-electron chi connectivity index (χ1n) is 3.31. The molecule has 1 aromatic rings. The van der Waals surface area contributed by atoms with Gasteiger partial charge in [-0.3, -0.25) is 0 Å². The predicted molar refractivity (Wildman–Crippen MR) is 50.7 cm³/mol. The molecule has 2 nitrogen and oxygen atoms in total. The van der Waals surface area contributed by atoms with Crippen LogP contribution in [0.4, 0.5) is 5.69 Å². The third-order valence-corrected chi connectivity index (χ3v) is 1.46. The molecule has 1 atom stereocenters. The lowest BCUT2D eigenvalue weighted by Crippen LogP contribution is -2.04. The Hall–Kier alpha value is -0.730. The van der Waals surface area contributed by atoms with E-state index in [-0.39, 0.29) is 18.4 Å². The minimum atomic E-state index is 0. The Morgan fingerprint density at radius 1 is 1.18 bits per heavy atom. The molecule has 11 heavy (non-hydrogen) atoms. The fourth-order valence-corrected chi connectivity index (χ4v) is 0.800. The van der Waals surface area contributed by atoms with Gasteiger partial charge in [0.2, 0.25) is 0 Å². The van der Waals surface area contributed by atoms with Crippen LogP contribution in [0, 0.1) is 0 Å². The van der Waals surface area contributed by atoms with Gasteiger partial charge in [0.05, 0.1) is 0 Å². The maximum absolute atomic E-state index is 5.62. The van der Waals surface area contributed by atoms with Gasteiger partial charge in [-0.2, -0.15) is 0 Å². The lowest BCUT2D eigenvalue weighted by molar-refractivity contribution is 0.818. The number of anilines is 1. The van der Waals surface area contributed by atoms with E-state index in [1.807, 2.05) is 31.2 Å². The lowest BCUT2D eigenvalue weighted by Gasteiger charge is -2.03. The van der Waals surface area contributed by atoms with Crippen molar-refractivity contribution in [3.63, 3.8) is 0 Å². The van der Waals surface area contributed by atoms with Gasteiger partial charge in [-0.1, -0.05) is 12.1 Å². The number of hydrogen-bond donors (Lipinski definition) is 2. The highest BCUT2D eigenvalue weighted by Crippen LogP contribution is 2.10. The molecular weight excluding hydrogens is 160 g/mol. The van der Waals surface area contributed by atoms with Crippen molar-refractivity contribution in [1.82, 2.24) is 0 Å². The summed E-state index contributed by atoms with van der Waals surface area (Å²) in [4.78, 5) is 0. The second-order valence-corrected chi connectivity index (χ2v) is 2.46. The van der Waals surface area contributed by atoms with E-state index in [0.717, 1.165) is 11.3 Å². The van der Waals surface area contributed by atoms with Crippen molar-refractivity contribution in [2.45, 2.75) is 13.0 Å². The van der Waals surface area contributed by atoms with Crippen LogP contribution < -0.4 is 11.5 Å². The fraction of sp³-hybridized carbons (Fsp3) is 0.250. The first-order valence-corrected chi connectivity index (χ1v) is 3.31. The van der Waals surface area contributed by atoms with Crippen LogP contribution in [0.1, 0.15) is 18.5 Å². The van der Waals surface area contributed by atoms with Gasteiger partial charge in [0.15, 0.2) is 0 Å². The quantitative estimate of drug-likeness (QED) is 0.634. The molecule has 0 aromatic heterocycles. The van der Waals surface area contributed by atoms with Crippen molar-refractivity contribution in [3.05, 3.63) is 29.8 Å². The first kappa shape index (κ1) is 10.3. The average molecular weight is 173 g/mol. The molecule has 0 aliphatic rings. The number of nitrogens with two attached hydrogens (primary N) is 2. The average Bonchev–Trinajstić information content (AvgIpc) is 1.88. The van der Waals surface area contributed by atoms with Gasteiger partial charge in [0, 0.05) is 11.7 Å². The Labute approximate surface area is 73.0 Å². The Balaban J connectivity index is 0.000001000. The SMILES string of the molecule is C[C@H](N)c1ccc(N)cc1.Cl. The molecule has 0 radical (unpaired) electrons. The highest BCUT2D eigenvalue weighted by Gasteiger charge is 1.95. The molecule has 0 saturated heterocycles. The smallest absolute Gasteiger partial charge is 0.0314 e. The van der Waals surface area contributed by atoms with Crippen molar-refractivity contribution >= 4 is 18.1 Å². The second kappa shape index (κ2) is 4.21. The van der Waals surface area contributed by atoms with Crippen LogP contribution >= 0.6 is 12.4 Å². The van der Waals surface area contributed by atoms with Gasteiger partial charge in [-0.25, -0.2) is 0 Å². The summed E-state index contributed by atoms with van der Waals surface area (Å²) in [5.41, 5.74) is 13.0. The van der Waals surface area contributed by atoms with E-state index in [1.54, 1.807) is 0 Å². The van der Waals surface area contributed by atoms with Crippen molar-refractivity contribution in [1.29, 1.82) is 0 Å². The summed E-state index contributed by atoms with van der Waals surface area (Å²) in [5.74, 6) is 0. The number of nitrogen functional groups attached to an aromatic ring is 1. The molecule has 1 aromatic carbocycles. The normalized spacial score (nSPS) is 11.8. The van der Waals surface area contributed by atoms with Gasteiger partial charge >= 0.3 is 0 Å². The molecule has 0 spiro atoms. The molecule has 0 aliphatic carbocycles. The van der Waals surface area contributed by atoms with Gasteiger partial charge in [-0.15, -0.1) is 12.4 Å². The minimum Gasteiger partial charge on any atom is -0.399 e. The minimum absolute atomic E-state index is 0. The molecule has 0 amide bonds. The molecule has 3 heteroatoms. The van der Waals surface area contributed by atoms with Crippen LogP contribution in [0.3, 0.4) is 0 Å². The maximum Gasteiger partial charge on any atom is 0.0314 e. The molecule has 1 rings (SSSR count). The highest BCUT2D eigenvalue weighted by atomic mass is 35.5. The van der Waals surface area contributed by atoms with E-state index in [2.05, 4.69) is 0 Å². The van der Waals surface area contributed by atoms with E-state index in [1.165, 1.54) is 0 Å². The molecule has 62 valence electrons.